The van der Waals surface area contributed by atoms with Crippen LogP contribution in [0.3, 0.4) is 0 Å². The van der Waals surface area contributed by atoms with Gasteiger partial charge in [0.2, 0.25) is 0 Å². The number of nitrogens with zero attached hydrogens (tertiary/aromatic N) is 4. The Morgan fingerprint density at radius 3 is 2.69 bits per heavy atom. The Morgan fingerprint density at radius 1 is 1.62 bits per heavy atom. The lowest BCUT2D eigenvalue weighted by molar-refractivity contribution is 0.255. The molecule has 0 aliphatic heterocycles. The van der Waals surface area contributed by atoms with Gasteiger partial charge in [-0.2, -0.15) is 5.10 Å². The molecule has 0 radical (unpaired) electrons. The fourth-order valence-electron chi connectivity index (χ4n) is 1.50. The molecule has 0 spiro atoms. The molecule has 1 aromatic rings. The molecule has 0 fully saturated rings. The van der Waals surface area contributed by atoms with Gasteiger partial charge >= 0.3 is 0 Å². The molecule has 0 aliphatic carbocycles. The molecule has 0 unspecified atom stereocenters. The first-order valence-corrected chi connectivity index (χ1v) is 5.43. The van der Waals surface area contributed by atoms with E-state index in [9.17, 15) is 0 Å². The minimum atomic E-state index is -0.0999. The highest BCUT2D eigenvalue weighted by Gasteiger charge is 2.08. The van der Waals surface area contributed by atoms with E-state index in [0.29, 0.717) is 17.3 Å². The SMILES string of the molecule is C=C(C)CN(C)Cn1nc(CO)n(C)c1=S. The second-order valence-electron chi connectivity index (χ2n) is 4.03. The van der Waals surface area contributed by atoms with Crippen molar-refractivity contribution >= 4 is 12.2 Å². The third kappa shape index (κ3) is 3.01. The highest BCUT2D eigenvalue weighted by molar-refractivity contribution is 7.71. The average Bonchev–Trinajstić information content (AvgIpc) is 2.44. The smallest absolute Gasteiger partial charge is 0.198 e. The van der Waals surface area contributed by atoms with Crippen molar-refractivity contribution in [2.24, 2.45) is 7.05 Å². The normalized spacial score (nSPS) is 11.1. The van der Waals surface area contributed by atoms with Gasteiger partial charge < -0.3 is 9.67 Å². The minimum Gasteiger partial charge on any atom is -0.388 e. The molecule has 0 aliphatic rings. The van der Waals surface area contributed by atoms with E-state index in [1.54, 1.807) is 16.3 Å². The summed E-state index contributed by atoms with van der Waals surface area (Å²) in [6.07, 6.45) is 0. The van der Waals surface area contributed by atoms with E-state index in [1.807, 2.05) is 14.0 Å². The van der Waals surface area contributed by atoms with Crippen molar-refractivity contribution < 1.29 is 5.11 Å². The first kappa shape index (κ1) is 13.1. The maximum Gasteiger partial charge on any atom is 0.198 e. The first-order valence-electron chi connectivity index (χ1n) is 5.02. The fraction of sp³-hybridized carbons (Fsp3) is 0.600. The van der Waals surface area contributed by atoms with Crippen LogP contribution in [0, 0.1) is 4.77 Å². The Bertz CT molecular complexity index is 435. The van der Waals surface area contributed by atoms with Crippen LogP contribution in [0.4, 0.5) is 0 Å². The van der Waals surface area contributed by atoms with Gasteiger partial charge in [-0.25, -0.2) is 4.68 Å². The topological polar surface area (TPSA) is 46.2 Å². The highest BCUT2D eigenvalue weighted by atomic mass is 32.1. The van der Waals surface area contributed by atoms with Crippen LogP contribution in [0.5, 0.6) is 0 Å². The molecule has 16 heavy (non-hydrogen) atoms. The van der Waals surface area contributed by atoms with Gasteiger partial charge in [0, 0.05) is 13.6 Å². The second kappa shape index (κ2) is 5.38. The predicted molar refractivity (Wildman–Crippen MR) is 65.4 cm³/mol. The van der Waals surface area contributed by atoms with Gasteiger partial charge in [0.1, 0.15) is 6.61 Å². The van der Waals surface area contributed by atoms with Gasteiger partial charge in [-0.05, 0) is 26.2 Å². The molecule has 0 saturated carbocycles. The maximum atomic E-state index is 9.07. The zero-order chi connectivity index (χ0) is 12.3. The third-order valence-electron chi connectivity index (χ3n) is 2.19. The molecule has 0 aromatic carbocycles. The Morgan fingerprint density at radius 2 is 2.25 bits per heavy atom. The summed E-state index contributed by atoms with van der Waals surface area (Å²) in [6, 6.07) is 0. The van der Waals surface area contributed by atoms with Crippen LogP contribution in [0.25, 0.3) is 0 Å². The number of rotatable bonds is 5. The van der Waals surface area contributed by atoms with E-state index < -0.39 is 0 Å². The van der Waals surface area contributed by atoms with Gasteiger partial charge in [0.05, 0.1) is 6.67 Å². The Labute approximate surface area is 101 Å². The molecule has 1 N–H and O–H groups in total. The summed E-state index contributed by atoms with van der Waals surface area (Å²) >= 11 is 5.22. The third-order valence-corrected chi connectivity index (χ3v) is 2.67. The first-order chi connectivity index (χ1) is 7.45. The number of aliphatic hydroxyl groups excluding tert-OH is 1. The van der Waals surface area contributed by atoms with Crippen LogP contribution < -0.4 is 0 Å². The molecule has 0 bridgehead atoms. The molecule has 90 valence electrons. The van der Waals surface area contributed by atoms with Crippen LogP contribution >= 0.6 is 12.2 Å². The standard InChI is InChI=1S/C10H18N4OS/c1-8(2)5-12(3)7-14-10(16)13(4)9(6-15)11-14/h15H,1,5-7H2,2-4H3. The average molecular weight is 242 g/mol. The van der Waals surface area contributed by atoms with Crippen molar-refractivity contribution in [3.8, 4) is 0 Å². The van der Waals surface area contributed by atoms with Crippen LogP contribution in [0.2, 0.25) is 0 Å². The quantitative estimate of drug-likeness (QED) is 0.616. The zero-order valence-corrected chi connectivity index (χ0v) is 10.8. The molecular weight excluding hydrogens is 224 g/mol. The largest absolute Gasteiger partial charge is 0.388 e. The van der Waals surface area contributed by atoms with Crippen LogP contribution in [0.15, 0.2) is 12.2 Å². The minimum absolute atomic E-state index is 0.0999. The Balaban J connectivity index is 2.82. The summed E-state index contributed by atoms with van der Waals surface area (Å²) in [5.74, 6) is 0.578. The maximum absolute atomic E-state index is 9.07. The van der Waals surface area contributed by atoms with Crippen molar-refractivity contribution in [2.45, 2.75) is 20.2 Å². The molecule has 1 heterocycles. The van der Waals surface area contributed by atoms with Crippen molar-refractivity contribution in [1.82, 2.24) is 19.2 Å². The number of aliphatic hydroxyl groups is 1. The lowest BCUT2D eigenvalue weighted by atomic mass is 10.3. The Hall–Kier alpha value is -0.980. The summed E-state index contributed by atoms with van der Waals surface area (Å²) in [7, 11) is 3.78. The van der Waals surface area contributed by atoms with E-state index in [-0.39, 0.29) is 6.61 Å². The number of likely N-dealkylation sites (N-methyl/N-ethyl adjacent to an activating group) is 1. The molecule has 0 atom stereocenters. The van der Waals surface area contributed by atoms with Crippen LogP contribution in [-0.4, -0.2) is 37.9 Å². The zero-order valence-electron chi connectivity index (χ0n) is 9.97. The number of aromatic nitrogens is 3. The monoisotopic (exact) mass is 242 g/mol. The summed E-state index contributed by atoms with van der Waals surface area (Å²) in [4.78, 5) is 2.06. The molecule has 1 rings (SSSR count). The van der Waals surface area contributed by atoms with Crippen molar-refractivity contribution in [3.63, 3.8) is 0 Å². The van der Waals surface area contributed by atoms with Crippen molar-refractivity contribution in [3.05, 3.63) is 22.7 Å². The fourth-order valence-corrected chi connectivity index (χ4v) is 1.71. The lowest BCUT2D eigenvalue weighted by Crippen LogP contribution is -2.24. The predicted octanol–water partition coefficient (Wildman–Crippen LogP) is 0.909. The summed E-state index contributed by atoms with van der Waals surface area (Å²) in [6.45, 7) is 7.13. The summed E-state index contributed by atoms with van der Waals surface area (Å²) in [5.41, 5.74) is 1.09. The van der Waals surface area contributed by atoms with Gasteiger partial charge in [-0.1, -0.05) is 12.2 Å². The van der Waals surface area contributed by atoms with Crippen LogP contribution in [0.1, 0.15) is 12.7 Å². The lowest BCUT2D eigenvalue weighted by Gasteiger charge is -2.15. The van der Waals surface area contributed by atoms with Crippen molar-refractivity contribution in [2.75, 3.05) is 13.6 Å². The molecule has 0 amide bonds. The van der Waals surface area contributed by atoms with Gasteiger partial charge in [0.15, 0.2) is 10.6 Å². The van der Waals surface area contributed by atoms with E-state index >= 15 is 0 Å². The molecule has 5 nitrogen and oxygen atoms in total. The summed E-state index contributed by atoms with van der Waals surface area (Å²) < 4.78 is 4.02. The highest BCUT2D eigenvalue weighted by Crippen LogP contribution is 2.01. The second-order valence-corrected chi connectivity index (χ2v) is 4.39. The molecule has 1 aromatic heterocycles. The van der Waals surface area contributed by atoms with E-state index in [0.717, 1.165) is 12.1 Å². The molecule has 6 heteroatoms. The Kier molecular flexibility index (Phi) is 4.40. The van der Waals surface area contributed by atoms with Crippen molar-refractivity contribution in [1.29, 1.82) is 0 Å². The van der Waals surface area contributed by atoms with E-state index in [4.69, 9.17) is 17.3 Å². The summed E-state index contributed by atoms with van der Waals surface area (Å²) in [5, 5.41) is 13.3. The number of hydrogen-bond donors (Lipinski definition) is 1. The molecule has 0 saturated heterocycles. The van der Waals surface area contributed by atoms with E-state index in [1.165, 1.54) is 0 Å². The van der Waals surface area contributed by atoms with Gasteiger partial charge in [0.25, 0.3) is 0 Å². The van der Waals surface area contributed by atoms with E-state index in [2.05, 4.69) is 16.6 Å². The van der Waals surface area contributed by atoms with Gasteiger partial charge in [-0.15, -0.1) is 0 Å². The molecular formula is C10H18N4OS. The van der Waals surface area contributed by atoms with Gasteiger partial charge in [-0.3, -0.25) is 4.90 Å². The number of hydrogen-bond acceptors (Lipinski definition) is 4. The van der Waals surface area contributed by atoms with Crippen LogP contribution in [-0.2, 0) is 20.3 Å².